The van der Waals surface area contributed by atoms with Crippen LogP contribution in [0.3, 0.4) is 0 Å². The van der Waals surface area contributed by atoms with Gasteiger partial charge in [-0.15, -0.1) is 28.3 Å². The normalized spacial score (nSPS) is 11.1. The lowest BCUT2D eigenvalue weighted by Crippen LogP contribution is -2.13. The first kappa shape index (κ1) is 19.7. The second-order valence-electron chi connectivity index (χ2n) is 5.83. The molecule has 5 nitrogen and oxygen atoms in total. The van der Waals surface area contributed by atoms with Crippen LogP contribution >= 0.6 is 28.3 Å². The minimum absolute atomic E-state index is 0. The maximum absolute atomic E-state index is 10.9. The van der Waals surface area contributed by atoms with Gasteiger partial charge in [-0.1, -0.05) is 36.4 Å². The largest absolute Gasteiger partial charge is 0.285 e. The Bertz CT molecular complexity index is 1140. The summed E-state index contributed by atoms with van der Waals surface area (Å²) in [6, 6.07) is 26.3. The second kappa shape index (κ2) is 8.77. The maximum Gasteiger partial charge on any atom is 0.269 e. The number of non-ortho nitro benzene ring substituents is 1. The number of para-hydroxylation sites is 2. The number of rotatable bonds is 4. The van der Waals surface area contributed by atoms with Crippen molar-refractivity contribution in [2.45, 2.75) is 0 Å². The Kier molecular flexibility index (Phi) is 6.18. The van der Waals surface area contributed by atoms with Gasteiger partial charge >= 0.3 is 0 Å². The molecule has 0 aliphatic carbocycles. The second-order valence-corrected chi connectivity index (χ2v) is 6.66. The van der Waals surface area contributed by atoms with Gasteiger partial charge in [0.25, 0.3) is 5.69 Å². The van der Waals surface area contributed by atoms with Gasteiger partial charge in [0.05, 0.1) is 16.3 Å². The van der Waals surface area contributed by atoms with Crippen LogP contribution in [0.2, 0.25) is 0 Å². The highest BCUT2D eigenvalue weighted by Gasteiger charge is 2.12. The molecule has 0 radical (unpaired) electrons. The minimum atomic E-state index is -0.390. The SMILES string of the molecule is Br.O=[N+]([O-])c1ccc(-c2csc(=Nc3ccccc3)n2-c2ccccc2)cc1. The summed E-state index contributed by atoms with van der Waals surface area (Å²) in [6.07, 6.45) is 0. The lowest BCUT2D eigenvalue weighted by molar-refractivity contribution is -0.384. The van der Waals surface area contributed by atoms with E-state index >= 15 is 0 Å². The Morgan fingerprint density at radius 1 is 0.857 bits per heavy atom. The first-order valence-electron chi connectivity index (χ1n) is 8.33. The number of hydrogen-bond acceptors (Lipinski definition) is 4. The van der Waals surface area contributed by atoms with Gasteiger partial charge in [-0.05, 0) is 42.0 Å². The highest BCUT2D eigenvalue weighted by atomic mass is 79.9. The van der Waals surface area contributed by atoms with E-state index in [0.717, 1.165) is 27.4 Å². The highest BCUT2D eigenvalue weighted by molar-refractivity contribution is 8.93. The Labute approximate surface area is 176 Å². The van der Waals surface area contributed by atoms with Crippen LogP contribution in [0, 0.1) is 10.1 Å². The summed E-state index contributed by atoms with van der Waals surface area (Å²) < 4.78 is 2.07. The molecular weight excluding hydrogens is 438 g/mol. The molecule has 7 heteroatoms. The minimum Gasteiger partial charge on any atom is -0.285 e. The Morgan fingerprint density at radius 2 is 1.46 bits per heavy atom. The Balaban J connectivity index is 0.00000225. The molecule has 0 amide bonds. The van der Waals surface area contributed by atoms with Crippen LogP contribution in [0.5, 0.6) is 0 Å². The molecule has 0 atom stereocenters. The summed E-state index contributed by atoms with van der Waals surface area (Å²) in [5.74, 6) is 0. The molecule has 0 spiro atoms. The van der Waals surface area contributed by atoms with E-state index in [0.29, 0.717) is 0 Å². The quantitative estimate of drug-likeness (QED) is 0.284. The summed E-state index contributed by atoms with van der Waals surface area (Å²) in [5, 5.41) is 13.0. The van der Waals surface area contributed by atoms with E-state index in [4.69, 9.17) is 4.99 Å². The number of thiazole rings is 1. The number of hydrogen-bond donors (Lipinski definition) is 0. The van der Waals surface area contributed by atoms with Crippen molar-refractivity contribution in [2.75, 3.05) is 0 Å². The summed E-state index contributed by atoms with van der Waals surface area (Å²) in [4.78, 5) is 16.2. The predicted octanol–water partition coefficient (Wildman–Crippen LogP) is 5.92. The molecule has 140 valence electrons. The van der Waals surface area contributed by atoms with Crippen molar-refractivity contribution in [3.05, 3.63) is 105 Å². The summed E-state index contributed by atoms with van der Waals surface area (Å²) in [6.45, 7) is 0. The standard InChI is InChI=1S/C21H15N3O2S.BrH/c25-24(26)19-13-11-16(12-14-19)20-15-27-21(22-17-7-3-1-4-8-17)23(20)18-9-5-2-6-10-18;/h1-15H;1H. The van der Waals surface area contributed by atoms with Gasteiger partial charge in [-0.3, -0.25) is 14.7 Å². The molecule has 0 aliphatic heterocycles. The van der Waals surface area contributed by atoms with Crippen molar-refractivity contribution in [1.82, 2.24) is 4.57 Å². The average molecular weight is 454 g/mol. The van der Waals surface area contributed by atoms with Gasteiger partial charge in [0.2, 0.25) is 0 Å². The highest BCUT2D eigenvalue weighted by Crippen LogP contribution is 2.26. The van der Waals surface area contributed by atoms with Crippen molar-refractivity contribution in [2.24, 2.45) is 4.99 Å². The molecular formula is C21H16BrN3O2S. The Morgan fingerprint density at radius 3 is 2.07 bits per heavy atom. The van der Waals surface area contributed by atoms with Crippen LogP contribution in [0.15, 0.2) is 95.3 Å². The van der Waals surface area contributed by atoms with E-state index in [1.807, 2.05) is 66.0 Å². The van der Waals surface area contributed by atoms with Crippen molar-refractivity contribution in [3.63, 3.8) is 0 Å². The zero-order valence-corrected chi connectivity index (χ0v) is 17.2. The molecule has 3 aromatic carbocycles. The van der Waals surface area contributed by atoms with Gasteiger partial charge in [0.15, 0.2) is 4.80 Å². The maximum atomic E-state index is 10.9. The number of nitro benzene ring substituents is 1. The summed E-state index contributed by atoms with van der Waals surface area (Å²) >= 11 is 1.53. The fourth-order valence-electron chi connectivity index (χ4n) is 2.78. The molecule has 4 rings (SSSR count). The predicted molar refractivity (Wildman–Crippen MR) is 118 cm³/mol. The van der Waals surface area contributed by atoms with Crippen LogP contribution in [0.1, 0.15) is 0 Å². The number of nitro groups is 1. The first-order chi connectivity index (χ1) is 13.2. The number of aromatic nitrogens is 1. The van der Waals surface area contributed by atoms with Crippen LogP contribution in [-0.4, -0.2) is 9.49 Å². The molecule has 0 fully saturated rings. The smallest absolute Gasteiger partial charge is 0.269 e. The third kappa shape index (κ3) is 4.11. The molecule has 0 saturated carbocycles. The average Bonchev–Trinajstić information content (AvgIpc) is 3.13. The molecule has 0 N–H and O–H groups in total. The molecule has 0 unspecified atom stereocenters. The number of halogens is 1. The van der Waals surface area contributed by atoms with E-state index in [9.17, 15) is 10.1 Å². The molecule has 0 bridgehead atoms. The first-order valence-corrected chi connectivity index (χ1v) is 9.21. The monoisotopic (exact) mass is 453 g/mol. The lowest BCUT2D eigenvalue weighted by atomic mass is 10.1. The van der Waals surface area contributed by atoms with Crippen LogP contribution in [0.4, 0.5) is 11.4 Å². The van der Waals surface area contributed by atoms with Crippen molar-refractivity contribution < 1.29 is 4.92 Å². The molecule has 1 heterocycles. The van der Waals surface area contributed by atoms with Gasteiger partial charge in [-0.2, -0.15) is 0 Å². The number of benzene rings is 3. The summed E-state index contributed by atoms with van der Waals surface area (Å²) in [5.41, 5.74) is 3.78. The molecule has 0 saturated heterocycles. The fourth-order valence-corrected chi connectivity index (χ4v) is 3.71. The van der Waals surface area contributed by atoms with E-state index in [2.05, 4.69) is 4.57 Å². The van der Waals surface area contributed by atoms with Crippen molar-refractivity contribution >= 4 is 39.7 Å². The molecule has 4 aromatic rings. The lowest BCUT2D eigenvalue weighted by Gasteiger charge is -2.09. The van der Waals surface area contributed by atoms with Gasteiger partial charge in [-0.25, -0.2) is 4.99 Å². The van der Waals surface area contributed by atoms with Crippen LogP contribution in [0.25, 0.3) is 16.9 Å². The Hall–Kier alpha value is -3.03. The van der Waals surface area contributed by atoms with Crippen LogP contribution in [-0.2, 0) is 0 Å². The van der Waals surface area contributed by atoms with Crippen molar-refractivity contribution in [1.29, 1.82) is 0 Å². The zero-order valence-electron chi connectivity index (χ0n) is 14.6. The van der Waals surface area contributed by atoms with Crippen LogP contribution < -0.4 is 4.80 Å². The fraction of sp³-hybridized carbons (Fsp3) is 0. The molecule has 1 aromatic heterocycles. The van der Waals surface area contributed by atoms with Gasteiger partial charge in [0, 0.05) is 23.2 Å². The third-order valence-corrected chi connectivity index (χ3v) is 4.90. The molecule has 0 aliphatic rings. The topological polar surface area (TPSA) is 60.4 Å². The van der Waals surface area contributed by atoms with E-state index in [-0.39, 0.29) is 22.7 Å². The zero-order chi connectivity index (χ0) is 18.6. The number of nitrogens with zero attached hydrogens (tertiary/aromatic N) is 3. The third-order valence-electron chi connectivity index (χ3n) is 4.08. The van der Waals surface area contributed by atoms with Gasteiger partial charge < -0.3 is 0 Å². The molecule has 28 heavy (non-hydrogen) atoms. The van der Waals surface area contributed by atoms with E-state index < -0.39 is 4.92 Å². The summed E-state index contributed by atoms with van der Waals surface area (Å²) in [7, 11) is 0. The van der Waals surface area contributed by atoms with Gasteiger partial charge in [0.1, 0.15) is 0 Å². The van der Waals surface area contributed by atoms with E-state index in [1.54, 1.807) is 12.1 Å². The van der Waals surface area contributed by atoms with E-state index in [1.165, 1.54) is 23.5 Å². The van der Waals surface area contributed by atoms with Crippen molar-refractivity contribution in [3.8, 4) is 16.9 Å².